The fraction of sp³-hybridized carbons (Fsp3) is 0.455. The summed E-state index contributed by atoms with van der Waals surface area (Å²) in [7, 11) is -3.97. The van der Waals surface area contributed by atoms with Crippen molar-refractivity contribution in [2.24, 2.45) is 0 Å². The van der Waals surface area contributed by atoms with E-state index in [1.165, 1.54) is 6.07 Å². The molecule has 7 nitrogen and oxygen atoms in total. The first-order chi connectivity index (χ1) is 9.40. The lowest BCUT2D eigenvalue weighted by Crippen LogP contribution is -2.45. The minimum atomic E-state index is -3.97. The Kier molecular flexibility index (Phi) is 4.59. The Balaban J connectivity index is 2.32. The summed E-state index contributed by atoms with van der Waals surface area (Å²) in [6, 6.07) is 3.21. The summed E-state index contributed by atoms with van der Waals surface area (Å²) >= 11 is 5.74. The summed E-state index contributed by atoms with van der Waals surface area (Å²) in [6.07, 6.45) is 1.55. The van der Waals surface area contributed by atoms with E-state index in [4.69, 9.17) is 11.6 Å². The number of benzene rings is 1. The summed E-state index contributed by atoms with van der Waals surface area (Å²) < 4.78 is 27.0. The highest BCUT2D eigenvalue weighted by Gasteiger charge is 2.28. The normalized spacial score (nSPS) is 19.8. The van der Waals surface area contributed by atoms with Gasteiger partial charge < -0.3 is 5.32 Å². The molecule has 110 valence electrons. The van der Waals surface area contributed by atoms with E-state index in [0.717, 1.165) is 25.1 Å². The number of halogens is 1. The smallest absolute Gasteiger partial charge is 0.289 e. The predicted octanol–water partition coefficient (Wildman–Crippen LogP) is 1.28. The summed E-state index contributed by atoms with van der Waals surface area (Å²) in [5.74, 6) is 0. The average Bonchev–Trinajstić information content (AvgIpc) is 2.39. The fourth-order valence-corrected chi connectivity index (χ4v) is 3.79. The van der Waals surface area contributed by atoms with Gasteiger partial charge in [-0.1, -0.05) is 11.6 Å². The molecule has 1 heterocycles. The molecule has 0 aromatic heterocycles. The summed E-state index contributed by atoms with van der Waals surface area (Å²) in [4.78, 5) is 9.80. The summed E-state index contributed by atoms with van der Waals surface area (Å²) in [6.45, 7) is 1.35. The van der Waals surface area contributed by atoms with Crippen LogP contribution in [0.1, 0.15) is 12.8 Å². The molecular weight excluding hydrogens is 306 g/mol. The van der Waals surface area contributed by atoms with Crippen molar-refractivity contribution < 1.29 is 13.3 Å². The highest BCUT2D eigenvalue weighted by Crippen LogP contribution is 2.27. The molecule has 0 aliphatic carbocycles. The molecule has 1 aliphatic heterocycles. The maximum Gasteiger partial charge on any atom is 0.289 e. The molecule has 1 unspecified atom stereocenters. The van der Waals surface area contributed by atoms with Gasteiger partial charge in [-0.15, -0.1) is 0 Å². The Hall–Kier alpha value is -1.22. The van der Waals surface area contributed by atoms with Gasteiger partial charge in [0.05, 0.1) is 4.92 Å². The van der Waals surface area contributed by atoms with Gasteiger partial charge >= 0.3 is 0 Å². The molecule has 0 bridgehead atoms. The van der Waals surface area contributed by atoms with Gasteiger partial charge in [0, 0.05) is 23.7 Å². The molecule has 1 aromatic rings. The van der Waals surface area contributed by atoms with Crippen LogP contribution in [0.3, 0.4) is 0 Å². The second-order valence-electron chi connectivity index (χ2n) is 4.53. The van der Waals surface area contributed by atoms with Gasteiger partial charge in [-0.05, 0) is 31.5 Å². The van der Waals surface area contributed by atoms with E-state index < -0.39 is 25.5 Å². The first kappa shape index (κ1) is 15.2. The molecule has 20 heavy (non-hydrogen) atoms. The number of sulfonamides is 1. The van der Waals surface area contributed by atoms with Crippen LogP contribution in [0.4, 0.5) is 5.69 Å². The van der Waals surface area contributed by atoms with E-state index in [1.54, 1.807) is 0 Å². The van der Waals surface area contributed by atoms with Crippen molar-refractivity contribution in [1.82, 2.24) is 10.0 Å². The van der Waals surface area contributed by atoms with Crippen LogP contribution >= 0.6 is 11.6 Å². The van der Waals surface area contributed by atoms with Gasteiger partial charge in [0.25, 0.3) is 5.69 Å². The largest absolute Gasteiger partial charge is 0.315 e. The lowest BCUT2D eigenvalue weighted by atomic mass is 10.1. The van der Waals surface area contributed by atoms with Crippen molar-refractivity contribution in [2.45, 2.75) is 23.8 Å². The lowest BCUT2D eigenvalue weighted by Gasteiger charge is -2.23. The Morgan fingerprint density at radius 3 is 2.80 bits per heavy atom. The molecule has 1 fully saturated rings. The topological polar surface area (TPSA) is 101 Å². The number of nitro benzene ring substituents is 1. The number of hydrogen-bond donors (Lipinski definition) is 2. The van der Waals surface area contributed by atoms with E-state index in [-0.39, 0.29) is 11.1 Å². The molecule has 9 heteroatoms. The van der Waals surface area contributed by atoms with Gasteiger partial charge in [-0.3, -0.25) is 10.1 Å². The molecule has 0 saturated carbocycles. The van der Waals surface area contributed by atoms with Crippen LogP contribution in [-0.2, 0) is 10.0 Å². The van der Waals surface area contributed by atoms with E-state index in [1.807, 2.05) is 0 Å². The van der Waals surface area contributed by atoms with Crippen molar-refractivity contribution in [3.63, 3.8) is 0 Å². The Morgan fingerprint density at radius 2 is 2.20 bits per heavy atom. The van der Waals surface area contributed by atoms with Crippen LogP contribution in [0.2, 0.25) is 5.02 Å². The van der Waals surface area contributed by atoms with Crippen LogP contribution in [0.5, 0.6) is 0 Å². The van der Waals surface area contributed by atoms with E-state index in [2.05, 4.69) is 10.0 Å². The van der Waals surface area contributed by atoms with E-state index in [0.29, 0.717) is 13.0 Å². The number of nitrogens with zero attached hydrogens (tertiary/aromatic N) is 1. The molecule has 0 radical (unpaired) electrons. The van der Waals surface area contributed by atoms with E-state index >= 15 is 0 Å². The zero-order valence-corrected chi connectivity index (χ0v) is 12.1. The highest BCUT2D eigenvalue weighted by atomic mass is 35.5. The van der Waals surface area contributed by atoms with Crippen LogP contribution in [0.15, 0.2) is 23.1 Å². The Bertz CT molecular complexity index is 614. The zero-order chi connectivity index (χ0) is 14.8. The monoisotopic (exact) mass is 319 g/mol. The predicted molar refractivity (Wildman–Crippen MR) is 74.3 cm³/mol. The first-order valence-corrected chi connectivity index (χ1v) is 7.93. The number of rotatable bonds is 4. The van der Waals surface area contributed by atoms with Crippen LogP contribution in [0, 0.1) is 10.1 Å². The molecule has 1 aliphatic rings. The minimum absolute atomic E-state index is 0.137. The Labute approximate surface area is 121 Å². The maximum atomic E-state index is 12.3. The van der Waals surface area contributed by atoms with Gasteiger partial charge in [-0.25, -0.2) is 13.1 Å². The second-order valence-corrected chi connectivity index (χ2v) is 6.65. The standard InChI is InChI=1S/C11H14ClN3O4S/c12-8-3-4-10(15(16)17)11(6-8)20(18,19)14-9-2-1-5-13-7-9/h3-4,6,9,13-14H,1-2,5,7H2. The van der Waals surface area contributed by atoms with E-state index in [9.17, 15) is 18.5 Å². The second kappa shape index (κ2) is 6.04. The van der Waals surface area contributed by atoms with Crippen molar-refractivity contribution in [2.75, 3.05) is 13.1 Å². The summed E-state index contributed by atoms with van der Waals surface area (Å²) in [5, 5.41) is 14.1. The minimum Gasteiger partial charge on any atom is -0.315 e. The molecule has 0 spiro atoms. The van der Waals surface area contributed by atoms with Crippen molar-refractivity contribution in [3.8, 4) is 0 Å². The van der Waals surface area contributed by atoms with Gasteiger partial charge in [-0.2, -0.15) is 0 Å². The van der Waals surface area contributed by atoms with Gasteiger partial charge in [0.2, 0.25) is 10.0 Å². The number of piperidine rings is 1. The van der Waals surface area contributed by atoms with Crippen molar-refractivity contribution in [3.05, 3.63) is 33.3 Å². The van der Waals surface area contributed by atoms with Gasteiger partial charge in [0.1, 0.15) is 0 Å². The third-order valence-corrected chi connectivity index (χ3v) is 4.81. The highest BCUT2D eigenvalue weighted by molar-refractivity contribution is 7.89. The lowest BCUT2D eigenvalue weighted by molar-refractivity contribution is -0.387. The van der Waals surface area contributed by atoms with Gasteiger partial charge in [0.15, 0.2) is 4.90 Å². The number of nitro groups is 1. The molecule has 1 saturated heterocycles. The summed E-state index contributed by atoms with van der Waals surface area (Å²) in [5.41, 5.74) is -0.481. The molecule has 1 atom stereocenters. The zero-order valence-electron chi connectivity index (χ0n) is 10.5. The Morgan fingerprint density at radius 1 is 1.45 bits per heavy atom. The number of nitrogens with one attached hydrogen (secondary N) is 2. The third-order valence-electron chi connectivity index (χ3n) is 3.03. The fourth-order valence-electron chi connectivity index (χ4n) is 2.09. The average molecular weight is 320 g/mol. The SMILES string of the molecule is O=[N+]([O-])c1ccc(Cl)cc1S(=O)(=O)NC1CCCNC1. The van der Waals surface area contributed by atoms with Crippen LogP contribution < -0.4 is 10.0 Å². The first-order valence-electron chi connectivity index (χ1n) is 6.07. The molecule has 2 rings (SSSR count). The molecule has 0 amide bonds. The van der Waals surface area contributed by atoms with Crippen LogP contribution in [-0.4, -0.2) is 32.5 Å². The third kappa shape index (κ3) is 3.45. The number of hydrogen-bond acceptors (Lipinski definition) is 5. The maximum absolute atomic E-state index is 12.3. The molecule has 1 aromatic carbocycles. The van der Waals surface area contributed by atoms with Crippen molar-refractivity contribution >= 4 is 27.3 Å². The van der Waals surface area contributed by atoms with Crippen LogP contribution in [0.25, 0.3) is 0 Å². The van der Waals surface area contributed by atoms with Crippen molar-refractivity contribution in [1.29, 1.82) is 0 Å². The molecular formula is C11H14ClN3O4S. The quantitative estimate of drug-likeness (QED) is 0.643. The molecule has 2 N–H and O–H groups in total.